The van der Waals surface area contributed by atoms with Crippen LogP contribution in [0.25, 0.3) is 0 Å². The van der Waals surface area contributed by atoms with Crippen molar-refractivity contribution in [1.29, 1.82) is 0 Å². The second-order valence-corrected chi connectivity index (χ2v) is 5.84. The number of benzene rings is 1. The molecule has 1 aromatic heterocycles. The molecular weight excluding hydrogens is 329 g/mol. The van der Waals surface area contributed by atoms with Crippen molar-refractivity contribution in [3.63, 3.8) is 0 Å². The molecule has 1 aromatic carbocycles. The van der Waals surface area contributed by atoms with E-state index < -0.39 is 7.12 Å². The SMILES string of the molecule is CCOC(=O)Cc1csc(NN=Cc2cc(B(O)O)ccc2C)n1. The van der Waals surface area contributed by atoms with Crippen molar-refractivity contribution in [3.05, 3.63) is 40.4 Å². The van der Waals surface area contributed by atoms with E-state index in [1.165, 1.54) is 11.3 Å². The number of nitrogens with one attached hydrogen (secondary N) is 1. The summed E-state index contributed by atoms with van der Waals surface area (Å²) < 4.78 is 4.87. The first kappa shape index (κ1) is 18.1. The van der Waals surface area contributed by atoms with Gasteiger partial charge in [-0.15, -0.1) is 11.3 Å². The second kappa shape index (κ2) is 8.58. The first-order valence-electron chi connectivity index (χ1n) is 7.35. The van der Waals surface area contributed by atoms with Crippen molar-refractivity contribution in [3.8, 4) is 0 Å². The molecule has 3 N–H and O–H groups in total. The highest BCUT2D eigenvalue weighted by Gasteiger charge is 2.11. The molecule has 0 saturated carbocycles. The Labute approximate surface area is 144 Å². The molecule has 0 fully saturated rings. The summed E-state index contributed by atoms with van der Waals surface area (Å²) in [6, 6.07) is 5.09. The van der Waals surface area contributed by atoms with Gasteiger partial charge >= 0.3 is 13.1 Å². The van der Waals surface area contributed by atoms with Crippen LogP contribution in [0.3, 0.4) is 0 Å². The number of hydrazone groups is 1. The molecule has 0 aliphatic heterocycles. The van der Waals surface area contributed by atoms with Gasteiger partial charge in [-0.05, 0) is 30.4 Å². The molecule has 126 valence electrons. The molecular formula is C15H18BN3O4S. The number of rotatable bonds is 7. The third kappa shape index (κ3) is 5.15. The summed E-state index contributed by atoms with van der Waals surface area (Å²) in [6.45, 7) is 4.00. The van der Waals surface area contributed by atoms with E-state index in [1.54, 1.807) is 36.7 Å². The van der Waals surface area contributed by atoms with Gasteiger partial charge < -0.3 is 14.8 Å². The summed E-state index contributed by atoms with van der Waals surface area (Å²) in [4.78, 5) is 15.6. The van der Waals surface area contributed by atoms with E-state index in [-0.39, 0.29) is 12.4 Å². The maximum atomic E-state index is 11.4. The number of esters is 1. The Bertz CT molecular complexity index is 733. The smallest absolute Gasteiger partial charge is 0.466 e. The monoisotopic (exact) mass is 347 g/mol. The highest BCUT2D eigenvalue weighted by Crippen LogP contribution is 2.16. The molecule has 0 amide bonds. The standard InChI is InChI=1S/C15H18BN3O4S/c1-3-23-14(20)7-13-9-24-15(18-13)19-17-8-11-6-12(16(21)22)5-4-10(11)2/h4-6,8-9,21-22H,3,7H2,1-2H3,(H,18,19). The lowest BCUT2D eigenvalue weighted by Crippen LogP contribution is -2.30. The molecule has 0 spiro atoms. The van der Waals surface area contributed by atoms with Crippen molar-refractivity contribution in [2.24, 2.45) is 5.10 Å². The maximum absolute atomic E-state index is 11.4. The van der Waals surface area contributed by atoms with E-state index in [9.17, 15) is 14.8 Å². The number of carbonyl (C=O) groups excluding carboxylic acids is 1. The molecule has 0 saturated heterocycles. The summed E-state index contributed by atoms with van der Waals surface area (Å²) in [5, 5.41) is 24.8. The number of aryl methyl sites for hydroxylation is 1. The van der Waals surface area contributed by atoms with E-state index in [2.05, 4.69) is 15.5 Å². The van der Waals surface area contributed by atoms with Gasteiger partial charge in [0.05, 0.1) is 24.9 Å². The van der Waals surface area contributed by atoms with Crippen LogP contribution >= 0.6 is 11.3 Å². The third-order valence-corrected chi connectivity index (χ3v) is 3.94. The predicted molar refractivity (Wildman–Crippen MR) is 94.7 cm³/mol. The quantitative estimate of drug-likeness (QED) is 0.295. The lowest BCUT2D eigenvalue weighted by Gasteiger charge is -2.04. The van der Waals surface area contributed by atoms with Crippen LogP contribution in [-0.2, 0) is 16.0 Å². The second-order valence-electron chi connectivity index (χ2n) is 4.99. The number of nitrogens with zero attached hydrogens (tertiary/aromatic N) is 2. The van der Waals surface area contributed by atoms with Gasteiger partial charge in [-0.1, -0.05) is 18.2 Å². The van der Waals surface area contributed by atoms with Crippen molar-refractivity contribution in [2.45, 2.75) is 20.3 Å². The summed E-state index contributed by atoms with van der Waals surface area (Å²) >= 11 is 1.33. The lowest BCUT2D eigenvalue weighted by molar-refractivity contribution is -0.142. The summed E-state index contributed by atoms with van der Waals surface area (Å²) in [7, 11) is -1.52. The molecule has 0 aliphatic carbocycles. The van der Waals surface area contributed by atoms with Crippen LogP contribution in [0.1, 0.15) is 23.7 Å². The maximum Gasteiger partial charge on any atom is 0.488 e. The van der Waals surface area contributed by atoms with Gasteiger partial charge in [-0.3, -0.25) is 10.2 Å². The topological polar surface area (TPSA) is 104 Å². The summed E-state index contributed by atoms with van der Waals surface area (Å²) in [5.41, 5.74) is 5.53. The van der Waals surface area contributed by atoms with Crippen LogP contribution in [-0.4, -0.2) is 40.9 Å². The molecule has 7 nitrogen and oxygen atoms in total. The molecule has 0 bridgehead atoms. The number of thiazole rings is 1. The number of carbonyl (C=O) groups is 1. The first-order valence-corrected chi connectivity index (χ1v) is 8.23. The van der Waals surface area contributed by atoms with Crippen molar-refractivity contribution in [2.75, 3.05) is 12.0 Å². The summed E-state index contributed by atoms with van der Waals surface area (Å²) in [6.07, 6.45) is 1.71. The Morgan fingerprint density at radius 3 is 3.00 bits per heavy atom. The van der Waals surface area contributed by atoms with Gasteiger partial charge in [0, 0.05) is 5.38 Å². The fourth-order valence-corrected chi connectivity index (χ4v) is 2.57. The van der Waals surface area contributed by atoms with Crippen LogP contribution in [0, 0.1) is 6.92 Å². The highest BCUT2D eigenvalue weighted by atomic mass is 32.1. The van der Waals surface area contributed by atoms with Gasteiger partial charge in [0.2, 0.25) is 5.13 Å². The Balaban J connectivity index is 1.98. The fraction of sp³-hybridized carbons (Fsp3) is 0.267. The normalized spacial score (nSPS) is 10.8. The van der Waals surface area contributed by atoms with Crippen LogP contribution in [0.2, 0.25) is 0 Å². The minimum atomic E-state index is -1.52. The number of aromatic nitrogens is 1. The zero-order valence-electron chi connectivity index (χ0n) is 13.4. The minimum Gasteiger partial charge on any atom is -0.466 e. The molecule has 2 rings (SSSR count). The first-order chi connectivity index (χ1) is 11.5. The van der Waals surface area contributed by atoms with E-state index in [0.717, 1.165) is 11.1 Å². The van der Waals surface area contributed by atoms with Crippen LogP contribution in [0.4, 0.5) is 5.13 Å². The molecule has 0 atom stereocenters. The van der Waals surface area contributed by atoms with Crippen LogP contribution < -0.4 is 10.9 Å². The molecule has 2 aromatic rings. The van der Waals surface area contributed by atoms with Crippen molar-refractivity contribution in [1.82, 2.24) is 4.98 Å². The Kier molecular flexibility index (Phi) is 6.48. The molecule has 0 aliphatic rings. The van der Waals surface area contributed by atoms with Gasteiger partial charge in [-0.25, -0.2) is 4.98 Å². The molecule has 0 radical (unpaired) electrons. The van der Waals surface area contributed by atoms with E-state index in [0.29, 0.717) is 22.9 Å². The Morgan fingerprint density at radius 1 is 1.50 bits per heavy atom. The third-order valence-electron chi connectivity index (χ3n) is 3.15. The van der Waals surface area contributed by atoms with Crippen LogP contribution in [0.5, 0.6) is 0 Å². The fourth-order valence-electron chi connectivity index (χ4n) is 1.92. The number of anilines is 1. The molecule has 0 unspecified atom stereocenters. The van der Waals surface area contributed by atoms with E-state index >= 15 is 0 Å². The lowest BCUT2D eigenvalue weighted by atomic mass is 9.79. The highest BCUT2D eigenvalue weighted by molar-refractivity contribution is 7.13. The van der Waals surface area contributed by atoms with E-state index in [1.807, 2.05) is 6.92 Å². The number of hydrogen-bond acceptors (Lipinski definition) is 8. The largest absolute Gasteiger partial charge is 0.488 e. The minimum absolute atomic E-state index is 0.130. The zero-order valence-corrected chi connectivity index (χ0v) is 14.2. The van der Waals surface area contributed by atoms with Gasteiger partial charge in [0.1, 0.15) is 0 Å². The Hall–Kier alpha value is -2.23. The van der Waals surface area contributed by atoms with Gasteiger partial charge in [-0.2, -0.15) is 5.10 Å². The van der Waals surface area contributed by atoms with Crippen molar-refractivity contribution < 1.29 is 19.6 Å². The Morgan fingerprint density at radius 2 is 2.29 bits per heavy atom. The van der Waals surface area contributed by atoms with Gasteiger partial charge in [0.25, 0.3) is 0 Å². The molecule has 1 heterocycles. The van der Waals surface area contributed by atoms with Crippen LogP contribution in [0.15, 0.2) is 28.7 Å². The predicted octanol–water partition coefficient (Wildman–Crippen LogP) is 0.683. The zero-order chi connectivity index (χ0) is 17.5. The van der Waals surface area contributed by atoms with Crippen molar-refractivity contribution >= 4 is 41.2 Å². The van der Waals surface area contributed by atoms with E-state index in [4.69, 9.17) is 4.74 Å². The number of ether oxygens (including phenoxy) is 1. The molecule has 9 heteroatoms. The number of hydrogen-bond donors (Lipinski definition) is 3. The average Bonchev–Trinajstić information content (AvgIpc) is 2.96. The van der Waals surface area contributed by atoms with Gasteiger partial charge in [0.15, 0.2) is 0 Å². The summed E-state index contributed by atoms with van der Waals surface area (Å²) in [5.74, 6) is -0.312. The molecule has 24 heavy (non-hydrogen) atoms. The average molecular weight is 347 g/mol.